The van der Waals surface area contributed by atoms with E-state index in [2.05, 4.69) is 31.1 Å². The van der Waals surface area contributed by atoms with Crippen molar-refractivity contribution in [1.29, 1.82) is 0 Å². The molecule has 1 rings (SSSR count). The summed E-state index contributed by atoms with van der Waals surface area (Å²) in [6.07, 6.45) is 2.05. The van der Waals surface area contributed by atoms with Crippen LogP contribution >= 0.6 is 0 Å². The number of benzene rings is 1. The number of carboxylic acid groups (broad SMARTS) is 1. The van der Waals surface area contributed by atoms with Crippen LogP contribution in [0.1, 0.15) is 38.3 Å². The van der Waals surface area contributed by atoms with Gasteiger partial charge in [-0.1, -0.05) is 30.3 Å². The van der Waals surface area contributed by atoms with E-state index in [1.165, 1.54) is 0 Å². The molecule has 0 aliphatic rings. The third-order valence-corrected chi connectivity index (χ3v) is 3.55. The van der Waals surface area contributed by atoms with Crippen LogP contribution in [0, 0.1) is 0 Å². The van der Waals surface area contributed by atoms with Gasteiger partial charge in [-0.2, -0.15) is 0 Å². The second-order valence-electron chi connectivity index (χ2n) is 5.42. The van der Waals surface area contributed by atoms with Crippen LogP contribution < -0.4 is 5.32 Å². The van der Waals surface area contributed by atoms with Crippen LogP contribution in [0.2, 0.25) is 0 Å². The highest BCUT2D eigenvalue weighted by atomic mass is 16.4. The van der Waals surface area contributed by atoms with Crippen molar-refractivity contribution in [3.63, 3.8) is 0 Å². The lowest BCUT2D eigenvalue weighted by Crippen LogP contribution is -2.30. The first-order chi connectivity index (χ1) is 9.52. The zero-order valence-corrected chi connectivity index (χ0v) is 12.7. The van der Waals surface area contributed by atoms with Gasteiger partial charge in [0, 0.05) is 6.04 Å². The van der Waals surface area contributed by atoms with Crippen LogP contribution in [0.4, 0.5) is 0 Å². The van der Waals surface area contributed by atoms with Gasteiger partial charge in [-0.15, -0.1) is 0 Å². The second kappa shape index (κ2) is 8.72. The van der Waals surface area contributed by atoms with Gasteiger partial charge >= 0.3 is 5.97 Å². The number of nitrogens with zero attached hydrogens (tertiary/aromatic N) is 1. The van der Waals surface area contributed by atoms with E-state index in [0.717, 1.165) is 31.5 Å². The van der Waals surface area contributed by atoms with Crippen molar-refractivity contribution in [1.82, 2.24) is 10.2 Å². The number of hydrogen-bond acceptors (Lipinski definition) is 3. The summed E-state index contributed by atoms with van der Waals surface area (Å²) < 4.78 is 0. The molecule has 2 N–H and O–H groups in total. The molecule has 0 heterocycles. The number of rotatable bonds is 9. The summed E-state index contributed by atoms with van der Waals surface area (Å²) in [6.45, 7) is 6.11. The van der Waals surface area contributed by atoms with Gasteiger partial charge in [-0.3, -0.25) is 4.79 Å². The molecule has 4 heteroatoms. The number of unbranched alkanes of at least 4 members (excludes halogenated alkanes) is 1. The van der Waals surface area contributed by atoms with Gasteiger partial charge in [0.05, 0.1) is 0 Å². The summed E-state index contributed by atoms with van der Waals surface area (Å²) in [7, 11) is 2.11. The van der Waals surface area contributed by atoms with Crippen LogP contribution in [0.25, 0.3) is 0 Å². The van der Waals surface area contributed by atoms with E-state index in [1.807, 2.05) is 30.3 Å². The van der Waals surface area contributed by atoms with E-state index in [9.17, 15) is 9.90 Å². The quantitative estimate of drug-likeness (QED) is 0.682. The van der Waals surface area contributed by atoms with Crippen LogP contribution in [0.15, 0.2) is 30.3 Å². The highest BCUT2D eigenvalue weighted by Crippen LogP contribution is 2.12. The molecule has 0 aliphatic carbocycles. The number of carboxylic acids is 1. The van der Waals surface area contributed by atoms with Crippen LogP contribution in [-0.4, -0.2) is 42.2 Å². The summed E-state index contributed by atoms with van der Waals surface area (Å²) in [5.74, 6) is -0.824. The summed E-state index contributed by atoms with van der Waals surface area (Å²) in [5, 5.41) is 12.4. The van der Waals surface area contributed by atoms with Gasteiger partial charge in [0.15, 0.2) is 0 Å². The molecule has 0 bridgehead atoms. The molecule has 0 spiro atoms. The van der Waals surface area contributed by atoms with Crippen molar-refractivity contribution in [2.24, 2.45) is 0 Å². The minimum Gasteiger partial charge on any atom is -0.480 e. The molecule has 0 fully saturated rings. The predicted octanol–water partition coefficient (Wildman–Crippen LogP) is 2.52. The molecule has 0 aliphatic heterocycles. The van der Waals surface area contributed by atoms with Gasteiger partial charge < -0.3 is 15.3 Å². The lowest BCUT2D eigenvalue weighted by molar-refractivity contribution is -0.139. The Morgan fingerprint density at radius 2 is 1.90 bits per heavy atom. The Hall–Kier alpha value is -1.39. The first-order valence-electron chi connectivity index (χ1n) is 7.23. The normalized spacial score (nSPS) is 12.8. The van der Waals surface area contributed by atoms with E-state index in [0.29, 0.717) is 6.04 Å². The smallest absolute Gasteiger partial charge is 0.325 e. The third-order valence-electron chi connectivity index (χ3n) is 3.55. The largest absolute Gasteiger partial charge is 0.480 e. The van der Waals surface area contributed by atoms with Gasteiger partial charge in [0.2, 0.25) is 0 Å². The molecule has 1 atom stereocenters. The van der Waals surface area contributed by atoms with Gasteiger partial charge in [0.25, 0.3) is 0 Å². The van der Waals surface area contributed by atoms with E-state index in [4.69, 9.17) is 0 Å². The van der Waals surface area contributed by atoms with Gasteiger partial charge in [-0.25, -0.2) is 0 Å². The summed E-state index contributed by atoms with van der Waals surface area (Å²) >= 11 is 0. The van der Waals surface area contributed by atoms with E-state index in [-0.39, 0.29) is 0 Å². The first kappa shape index (κ1) is 16.7. The minimum absolute atomic E-state index is 0.555. The van der Waals surface area contributed by atoms with Crippen molar-refractivity contribution in [3.8, 4) is 0 Å². The number of carbonyl (C=O) groups is 1. The van der Waals surface area contributed by atoms with E-state index < -0.39 is 12.0 Å². The Morgan fingerprint density at radius 1 is 1.25 bits per heavy atom. The predicted molar refractivity (Wildman–Crippen MR) is 81.8 cm³/mol. The summed E-state index contributed by atoms with van der Waals surface area (Å²) in [5.41, 5.74) is 0.805. The summed E-state index contributed by atoms with van der Waals surface area (Å²) in [6, 6.07) is 9.26. The van der Waals surface area contributed by atoms with Crippen molar-refractivity contribution in [2.75, 3.05) is 20.1 Å². The Morgan fingerprint density at radius 3 is 2.45 bits per heavy atom. The Kier molecular flexibility index (Phi) is 7.26. The molecule has 0 amide bonds. The van der Waals surface area contributed by atoms with Crippen molar-refractivity contribution in [3.05, 3.63) is 35.9 Å². The van der Waals surface area contributed by atoms with Crippen molar-refractivity contribution < 1.29 is 9.90 Å². The lowest BCUT2D eigenvalue weighted by atomic mass is 10.1. The number of hydrogen-bond donors (Lipinski definition) is 2. The topological polar surface area (TPSA) is 52.6 Å². The average Bonchev–Trinajstić information content (AvgIpc) is 2.42. The molecule has 1 unspecified atom stereocenters. The zero-order valence-electron chi connectivity index (χ0n) is 12.7. The number of nitrogens with one attached hydrogen (secondary N) is 1. The van der Waals surface area contributed by atoms with Gasteiger partial charge in [-0.05, 0) is 52.4 Å². The van der Waals surface area contributed by atoms with Gasteiger partial charge in [0.1, 0.15) is 6.04 Å². The highest BCUT2D eigenvalue weighted by molar-refractivity contribution is 5.75. The molecule has 112 valence electrons. The maximum atomic E-state index is 11.3. The Labute approximate surface area is 121 Å². The second-order valence-corrected chi connectivity index (χ2v) is 5.42. The third kappa shape index (κ3) is 5.72. The highest BCUT2D eigenvalue weighted by Gasteiger charge is 2.18. The Balaban J connectivity index is 2.33. The maximum Gasteiger partial charge on any atom is 0.325 e. The molecule has 1 aromatic carbocycles. The molecule has 0 saturated carbocycles. The molecular weight excluding hydrogens is 252 g/mol. The fourth-order valence-corrected chi connectivity index (χ4v) is 1.98. The molecule has 4 nitrogen and oxygen atoms in total. The Bertz CT molecular complexity index is 393. The SMILES string of the molecule is CC(C)N(C)CCCCNC(C(=O)O)c1ccccc1. The fourth-order valence-electron chi connectivity index (χ4n) is 1.98. The molecule has 0 saturated heterocycles. The minimum atomic E-state index is -0.824. The molecule has 0 radical (unpaired) electrons. The van der Waals surface area contributed by atoms with Crippen LogP contribution in [0.5, 0.6) is 0 Å². The first-order valence-corrected chi connectivity index (χ1v) is 7.23. The molecule has 0 aromatic heterocycles. The van der Waals surface area contributed by atoms with Crippen molar-refractivity contribution >= 4 is 5.97 Å². The van der Waals surface area contributed by atoms with Crippen LogP contribution in [-0.2, 0) is 4.79 Å². The van der Waals surface area contributed by atoms with E-state index >= 15 is 0 Å². The summed E-state index contributed by atoms with van der Waals surface area (Å²) in [4.78, 5) is 13.6. The number of aliphatic carboxylic acids is 1. The lowest BCUT2D eigenvalue weighted by Gasteiger charge is -2.21. The fraction of sp³-hybridized carbons (Fsp3) is 0.562. The average molecular weight is 278 g/mol. The standard InChI is InChI=1S/C16H26N2O2/c1-13(2)18(3)12-8-7-11-17-15(16(19)20)14-9-5-4-6-10-14/h4-6,9-10,13,15,17H,7-8,11-12H2,1-3H3,(H,19,20). The zero-order chi connectivity index (χ0) is 15.0. The van der Waals surface area contributed by atoms with Crippen LogP contribution in [0.3, 0.4) is 0 Å². The monoisotopic (exact) mass is 278 g/mol. The van der Waals surface area contributed by atoms with E-state index in [1.54, 1.807) is 0 Å². The molecule has 1 aromatic rings. The molecular formula is C16H26N2O2. The maximum absolute atomic E-state index is 11.3. The van der Waals surface area contributed by atoms with Crippen molar-refractivity contribution in [2.45, 2.75) is 38.8 Å². The molecule has 20 heavy (non-hydrogen) atoms.